The molecule has 1 saturated heterocycles. The van der Waals surface area contributed by atoms with Crippen LogP contribution in [0.25, 0.3) is 0 Å². The first-order valence-corrected chi connectivity index (χ1v) is 9.72. The molecular weight excluding hydrogens is 483 g/mol. The van der Waals surface area contributed by atoms with Gasteiger partial charge in [-0.3, -0.25) is 9.59 Å². The van der Waals surface area contributed by atoms with Crippen LogP contribution in [0.15, 0.2) is 34.3 Å². The molecule has 11 heteroatoms. The summed E-state index contributed by atoms with van der Waals surface area (Å²) >= 11 is 38.4. The molecule has 1 aromatic rings. The molecule has 4 atom stereocenters. The monoisotopic (exact) mass is 487 g/mol. The molecule has 1 aromatic carbocycles. The molecule has 0 unspecified atom stereocenters. The second-order valence-electron chi connectivity index (χ2n) is 6.45. The Bertz CT molecular complexity index is 914. The zero-order valence-electron chi connectivity index (χ0n) is 12.9. The number of aromatic carboxylic acids is 1. The number of benzene rings is 1. The summed E-state index contributed by atoms with van der Waals surface area (Å²) in [5, 5.41) is 8.65. The number of nitrogens with zero attached hydrogens (tertiary/aromatic N) is 1. The number of alkyl halides is 4. The lowest BCUT2D eigenvalue weighted by atomic mass is 9.84. The van der Waals surface area contributed by atoms with Gasteiger partial charge in [-0.05, 0) is 24.3 Å². The van der Waals surface area contributed by atoms with Crippen LogP contribution < -0.4 is 4.90 Å². The lowest BCUT2D eigenvalue weighted by Crippen LogP contribution is -2.50. The molecule has 1 saturated carbocycles. The smallest absolute Gasteiger partial charge is 0.335 e. The van der Waals surface area contributed by atoms with Gasteiger partial charge in [-0.15, -0.1) is 23.2 Å². The van der Waals surface area contributed by atoms with Crippen LogP contribution in [0.1, 0.15) is 10.4 Å². The quantitative estimate of drug-likeness (QED) is 0.495. The Kier molecular flexibility index (Phi) is 4.13. The fourth-order valence-electron chi connectivity index (χ4n) is 4.00. The van der Waals surface area contributed by atoms with Crippen LogP contribution in [0.5, 0.6) is 0 Å². The number of fused-ring (bicyclic) bond motifs is 5. The number of carboxylic acids is 1. The SMILES string of the molecule is O=C(O)c1ccc(N2C(=O)[C@@H]3[C@@H](C2=O)[C@@]2(Cl)C(Cl)=C(Cl)[C@@]3(Cl)C2(Cl)Cl)cc1. The molecule has 2 amide bonds. The molecule has 2 aliphatic carbocycles. The number of amides is 2. The first kappa shape index (κ1) is 19.6. The predicted octanol–water partition coefficient (Wildman–Crippen LogP) is 4.34. The van der Waals surface area contributed by atoms with E-state index < -0.39 is 43.7 Å². The normalized spacial score (nSPS) is 36.6. The van der Waals surface area contributed by atoms with Crippen LogP contribution in [-0.4, -0.2) is 37.0 Å². The number of halogens is 6. The third-order valence-electron chi connectivity index (χ3n) is 5.28. The number of rotatable bonds is 2. The first-order valence-electron chi connectivity index (χ1n) is 7.45. The van der Waals surface area contributed by atoms with Gasteiger partial charge in [-0.1, -0.05) is 46.4 Å². The van der Waals surface area contributed by atoms with E-state index in [0.717, 1.165) is 4.90 Å². The molecule has 0 spiro atoms. The first-order chi connectivity index (χ1) is 12.4. The van der Waals surface area contributed by atoms with Crippen molar-refractivity contribution in [1.29, 1.82) is 0 Å². The number of carbonyl (C=O) groups is 3. The van der Waals surface area contributed by atoms with Crippen molar-refractivity contribution in [3.63, 3.8) is 0 Å². The third-order valence-corrected chi connectivity index (χ3v) is 9.54. The maximum absolute atomic E-state index is 13.1. The maximum atomic E-state index is 13.1. The van der Waals surface area contributed by atoms with Gasteiger partial charge in [0.25, 0.3) is 0 Å². The van der Waals surface area contributed by atoms with Crippen LogP contribution in [0.2, 0.25) is 0 Å². The summed E-state index contributed by atoms with van der Waals surface area (Å²) in [4.78, 5) is 34.3. The Morgan fingerprint density at radius 2 is 1.30 bits per heavy atom. The zero-order chi connectivity index (χ0) is 20.1. The lowest BCUT2D eigenvalue weighted by Gasteiger charge is -2.34. The number of imide groups is 1. The Morgan fingerprint density at radius 1 is 0.889 bits per heavy atom. The van der Waals surface area contributed by atoms with E-state index in [1.807, 2.05) is 0 Å². The molecule has 4 rings (SSSR count). The molecule has 142 valence electrons. The van der Waals surface area contributed by atoms with Gasteiger partial charge < -0.3 is 5.11 Å². The van der Waals surface area contributed by atoms with E-state index in [-0.39, 0.29) is 21.3 Å². The van der Waals surface area contributed by atoms with Crippen molar-refractivity contribution in [2.24, 2.45) is 11.8 Å². The van der Waals surface area contributed by atoms with E-state index >= 15 is 0 Å². The summed E-state index contributed by atoms with van der Waals surface area (Å²) in [5.74, 6) is -4.99. The molecular formula is C16H7Cl6NO4. The van der Waals surface area contributed by atoms with Crippen LogP contribution >= 0.6 is 69.6 Å². The highest BCUT2D eigenvalue weighted by atomic mass is 35.5. The average Bonchev–Trinajstić information content (AvgIpc) is 2.99. The standard InChI is InChI=1S/C16H7Cl6NO4/c17-9-10(18)15(20)8-7(14(9,19)16(15,21)22)11(24)23(12(8)25)6-3-1-5(2-4-6)13(26)27/h1-4,7-8H,(H,26,27)/t7-,8-,14+,15+/m0/s1. The molecule has 1 heterocycles. The van der Waals surface area contributed by atoms with Gasteiger partial charge in [0.05, 0.1) is 33.2 Å². The number of hydrogen-bond acceptors (Lipinski definition) is 3. The molecule has 1 N–H and O–H groups in total. The van der Waals surface area contributed by atoms with E-state index in [2.05, 4.69) is 0 Å². The molecule has 0 radical (unpaired) electrons. The van der Waals surface area contributed by atoms with Crippen LogP contribution in [0, 0.1) is 11.8 Å². The zero-order valence-corrected chi connectivity index (χ0v) is 17.4. The molecule has 2 bridgehead atoms. The van der Waals surface area contributed by atoms with E-state index in [0.29, 0.717) is 0 Å². The van der Waals surface area contributed by atoms with Crippen molar-refractivity contribution in [3.8, 4) is 0 Å². The Balaban J connectivity index is 1.84. The second-order valence-corrected chi connectivity index (χ2v) is 9.72. The number of carboxylic acid groups (broad SMARTS) is 1. The van der Waals surface area contributed by atoms with Gasteiger partial charge in [-0.2, -0.15) is 0 Å². The topological polar surface area (TPSA) is 74.7 Å². The summed E-state index contributed by atoms with van der Waals surface area (Å²) in [5.41, 5.74) is 0.153. The third kappa shape index (κ3) is 1.98. The van der Waals surface area contributed by atoms with Crippen molar-refractivity contribution in [3.05, 3.63) is 39.9 Å². The summed E-state index contributed by atoms with van der Waals surface area (Å²) in [7, 11) is 0. The maximum Gasteiger partial charge on any atom is 0.335 e. The highest BCUT2D eigenvalue weighted by molar-refractivity contribution is 6.67. The Labute approximate surface area is 182 Å². The van der Waals surface area contributed by atoms with Crippen LogP contribution in [0.3, 0.4) is 0 Å². The highest BCUT2D eigenvalue weighted by Crippen LogP contribution is 2.77. The molecule has 1 aliphatic heterocycles. The van der Waals surface area contributed by atoms with Crippen molar-refractivity contribution in [1.82, 2.24) is 0 Å². The van der Waals surface area contributed by atoms with E-state index in [1.165, 1.54) is 24.3 Å². The fourth-order valence-corrected chi connectivity index (χ4v) is 6.93. The van der Waals surface area contributed by atoms with Crippen LogP contribution in [0.4, 0.5) is 5.69 Å². The minimum Gasteiger partial charge on any atom is -0.478 e. The van der Waals surface area contributed by atoms with Gasteiger partial charge in [0.2, 0.25) is 11.8 Å². The number of hydrogen-bond donors (Lipinski definition) is 1. The van der Waals surface area contributed by atoms with E-state index in [4.69, 9.17) is 74.7 Å². The van der Waals surface area contributed by atoms with Gasteiger partial charge in [0, 0.05) is 0 Å². The van der Waals surface area contributed by atoms with E-state index in [1.54, 1.807) is 0 Å². The van der Waals surface area contributed by atoms with Crippen molar-refractivity contribution < 1.29 is 19.5 Å². The van der Waals surface area contributed by atoms with Gasteiger partial charge in [0.15, 0.2) is 4.33 Å². The molecule has 27 heavy (non-hydrogen) atoms. The largest absolute Gasteiger partial charge is 0.478 e. The Hall–Kier alpha value is -0.690. The van der Waals surface area contributed by atoms with Crippen molar-refractivity contribution in [2.75, 3.05) is 4.90 Å². The number of carbonyl (C=O) groups excluding carboxylic acids is 2. The van der Waals surface area contributed by atoms with Crippen molar-refractivity contribution in [2.45, 2.75) is 14.1 Å². The van der Waals surface area contributed by atoms with Gasteiger partial charge >= 0.3 is 5.97 Å². The minimum absolute atomic E-state index is 0.00553. The van der Waals surface area contributed by atoms with Crippen LogP contribution in [-0.2, 0) is 9.59 Å². The lowest BCUT2D eigenvalue weighted by molar-refractivity contribution is -0.123. The van der Waals surface area contributed by atoms with E-state index in [9.17, 15) is 14.4 Å². The summed E-state index contributed by atoms with van der Waals surface area (Å²) in [6.45, 7) is 0. The second kappa shape index (κ2) is 5.68. The summed E-state index contributed by atoms with van der Waals surface area (Å²) < 4.78 is -1.99. The van der Waals surface area contributed by atoms with Gasteiger partial charge in [0.1, 0.15) is 9.75 Å². The fraction of sp³-hybridized carbons (Fsp3) is 0.312. The molecule has 3 aliphatic rings. The van der Waals surface area contributed by atoms with Gasteiger partial charge in [-0.25, -0.2) is 9.69 Å². The predicted molar refractivity (Wildman–Crippen MR) is 103 cm³/mol. The summed E-state index contributed by atoms with van der Waals surface area (Å²) in [6.07, 6.45) is 0. The summed E-state index contributed by atoms with van der Waals surface area (Å²) in [6, 6.07) is 5.18. The average molecular weight is 490 g/mol. The molecule has 5 nitrogen and oxygen atoms in total. The number of allylic oxidation sites excluding steroid dienone is 2. The highest BCUT2D eigenvalue weighted by Gasteiger charge is 2.87. The molecule has 0 aromatic heterocycles. The Morgan fingerprint density at radius 3 is 1.67 bits per heavy atom. The molecule has 2 fully saturated rings. The minimum atomic E-state index is -1.99. The number of anilines is 1. The van der Waals surface area contributed by atoms with Crippen molar-refractivity contribution >= 4 is 93.1 Å².